The van der Waals surface area contributed by atoms with Gasteiger partial charge < -0.3 is 4.74 Å². The molecule has 0 aliphatic carbocycles. The van der Waals surface area contributed by atoms with Crippen molar-refractivity contribution < 1.29 is 13.2 Å². The Balaban J connectivity index is 2.01. The molecule has 0 fully saturated rings. The molecule has 9 nitrogen and oxygen atoms in total. The van der Waals surface area contributed by atoms with Gasteiger partial charge in [-0.25, -0.2) is 4.98 Å². The maximum atomic E-state index is 12.5. The van der Waals surface area contributed by atoms with E-state index in [2.05, 4.69) is 25.1 Å². The molecule has 0 radical (unpaired) electrons. The van der Waals surface area contributed by atoms with Crippen LogP contribution in [0, 0.1) is 6.92 Å². The Hall–Kier alpha value is -2.72. The van der Waals surface area contributed by atoms with Crippen LogP contribution in [0.4, 0.5) is 0 Å². The van der Waals surface area contributed by atoms with Crippen LogP contribution in [-0.4, -0.2) is 40.6 Å². The minimum Gasteiger partial charge on any atom is -0.481 e. The highest BCUT2D eigenvalue weighted by atomic mass is 35.5. The quantitative estimate of drug-likeness (QED) is 0.715. The first-order chi connectivity index (χ1) is 11.9. The summed E-state index contributed by atoms with van der Waals surface area (Å²) in [4.78, 5) is 11.6. The lowest BCUT2D eigenvalue weighted by Crippen LogP contribution is -2.25. The van der Waals surface area contributed by atoms with E-state index >= 15 is 0 Å². The molecular weight excluding hydrogens is 368 g/mol. The normalized spacial score (nSPS) is 11.3. The first-order valence-corrected chi connectivity index (χ1v) is 8.85. The summed E-state index contributed by atoms with van der Waals surface area (Å²) in [6, 6.07) is 7.71. The largest absolute Gasteiger partial charge is 0.481 e. The van der Waals surface area contributed by atoms with E-state index in [4.69, 9.17) is 16.3 Å². The Kier molecular flexibility index (Phi) is 4.55. The van der Waals surface area contributed by atoms with E-state index in [9.17, 15) is 8.42 Å². The fourth-order valence-corrected chi connectivity index (χ4v) is 3.52. The molecule has 0 spiro atoms. The van der Waals surface area contributed by atoms with Crippen molar-refractivity contribution in [2.45, 2.75) is 11.8 Å². The average molecular weight is 381 g/mol. The molecule has 25 heavy (non-hydrogen) atoms. The van der Waals surface area contributed by atoms with Gasteiger partial charge in [-0.2, -0.15) is 18.2 Å². The zero-order chi connectivity index (χ0) is 18.0. The van der Waals surface area contributed by atoms with Gasteiger partial charge in [0.05, 0.1) is 18.3 Å². The number of hydrogen-bond donors (Lipinski definition) is 1. The number of aryl methyl sites for hydroxylation is 1. The number of methoxy groups -OCH3 is 1. The molecular formula is C14H13ClN6O3S. The van der Waals surface area contributed by atoms with Crippen molar-refractivity contribution in [3.63, 3.8) is 0 Å². The summed E-state index contributed by atoms with van der Waals surface area (Å²) in [5, 5.41) is 7.53. The molecule has 0 atom stereocenters. The second kappa shape index (κ2) is 6.65. The Morgan fingerprint density at radius 2 is 2.00 bits per heavy atom. The first kappa shape index (κ1) is 17.1. The van der Waals surface area contributed by atoms with E-state index in [0.29, 0.717) is 11.6 Å². The van der Waals surface area contributed by atoms with E-state index in [1.54, 1.807) is 25.1 Å². The lowest BCUT2D eigenvalue weighted by Gasteiger charge is -2.11. The van der Waals surface area contributed by atoms with Gasteiger partial charge in [0.25, 0.3) is 10.0 Å². The fourth-order valence-electron chi connectivity index (χ4n) is 2.04. The van der Waals surface area contributed by atoms with Gasteiger partial charge in [0, 0.05) is 11.8 Å². The summed E-state index contributed by atoms with van der Waals surface area (Å²) < 4.78 is 30.2. The number of benzene rings is 1. The number of rotatable bonds is 5. The number of hydrogen-bond acceptors (Lipinski definition) is 7. The topological polar surface area (TPSA) is 112 Å². The zero-order valence-electron chi connectivity index (χ0n) is 13.2. The van der Waals surface area contributed by atoms with Gasteiger partial charge >= 0.3 is 0 Å². The molecule has 1 N–H and O–H groups in total. The van der Waals surface area contributed by atoms with Crippen LogP contribution in [-0.2, 0) is 10.0 Å². The van der Waals surface area contributed by atoms with Crippen LogP contribution in [0.3, 0.4) is 0 Å². The van der Waals surface area contributed by atoms with Crippen molar-refractivity contribution in [2.24, 2.45) is 0 Å². The highest BCUT2D eigenvalue weighted by Crippen LogP contribution is 2.22. The molecule has 3 aromatic rings. The zero-order valence-corrected chi connectivity index (χ0v) is 14.8. The van der Waals surface area contributed by atoms with Crippen LogP contribution in [0.1, 0.15) is 5.69 Å². The predicted molar refractivity (Wildman–Crippen MR) is 90.3 cm³/mol. The summed E-state index contributed by atoms with van der Waals surface area (Å²) in [6.07, 6.45) is 1.34. The second-order valence-corrected chi connectivity index (χ2v) is 6.97. The molecule has 2 heterocycles. The minimum atomic E-state index is -3.98. The molecule has 0 unspecified atom stereocenters. The van der Waals surface area contributed by atoms with Gasteiger partial charge in [0.2, 0.25) is 5.88 Å². The Labute approximate surface area is 148 Å². The van der Waals surface area contributed by atoms with Crippen LogP contribution in [0.25, 0.3) is 11.5 Å². The third kappa shape index (κ3) is 3.54. The predicted octanol–water partition coefficient (Wildman–Crippen LogP) is 1.64. The number of aromatic nitrogens is 5. The van der Waals surface area contributed by atoms with Gasteiger partial charge in [-0.15, -0.1) is 9.89 Å². The maximum Gasteiger partial charge on any atom is 0.278 e. The van der Waals surface area contributed by atoms with Crippen LogP contribution < -0.4 is 9.57 Å². The molecule has 1 aromatic carbocycles. The smallest absolute Gasteiger partial charge is 0.278 e. The summed E-state index contributed by atoms with van der Waals surface area (Å²) in [6.45, 7) is 1.76. The monoisotopic (exact) mass is 380 g/mol. The number of sulfonamides is 1. The van der Waals surface area contributed by atoms with Crippen LogP contribution in [0.2, 0.25) is 5.02 Å². The van der Waals surface area contributed by atoms with E-state index in [0.717, 1.165) is 4.79 Å². The molecule has 3 rings (SSSR count). The molecule has 2 aromatic heterocycles. The molecule has 11 heteroatoms. The van der Waals surface area contributed by atoms with E-state index in [1.165, 1.54) is 25.4 Å². The van der Waals surface area contributed by atoms with Crippen molar-refractivity contribution in [3.05, 3.63) is 47.2 Å². The summed E-state index contributed by atoms with van der Waals surface area (Å²) in [5.41, 5.74) is 0.890. The van der Waals surface area contributed by atoms with Crippen LogP contribution >= 0.6 is 11.6 Å². The third-order valence-electron chi connectivity index (χ3n) is 3.15. The molecule has 0 bridgehead atoms. The van der Waals surface area contributed by atoms with Crippen molar-refractivity contribution >= 4 is 21.6 Å². The molecule has 0 aliphatic heterocycles. The fraction of sp³-hybridized carbons (Fsp3) is 0.143. The summed E-state index contributed by atoms with van der Waals surface area (Å²) in [5.74, 6) is 0.549. The van der Waals surface area contributed by atoms with Gasteiger partial charge in [-0.05, 0) is 24.3 Å². The number of ether oxygens (including phenoxy) is 1. The molecule has 0 saturated heterocycles. The number of nitrogens with zero attached hydrogens (tertiary/aromatic N) is 5. The molecule has 0 aliphatic rings. The van der Waals surface area contributed by atoms with Crippen molar-refractivity contribution in [1.82, 2.24) is 25.1 Å². The van der Waals surface area contributed by atoms with Gasteiger partial charge in [-0.3, -0.25) is 0 Å². The number of nitrogens with one attached hydrogen (secondary N) is 1. The Morgan fingerprint density at radius 1 is 1.24 bits per heavy atom. The van der Waals surface area contributed by atoms with Gasteiger partial charge in [0.15, 0.2) is 11.5 Å². The van der Waals surface area contributed by atoms with Crippen LogP contribution in [0.15, 0.2) is 41.4 Å². The highest BCUT2D eigenvalue weighted by Gasteiger charge is 2.21. The lowest BCUT2D eigenvalue weighted by molar-refractivity contribution is 0.397. The average Bonchev–Trinajstić information content (AvgIpc) is 3.01. The van der Waals surface area contributed by atoms with Crippen LogP contribution in [0.5, 0.6) is 5.88 Å². The first-order valence-electron chi connectivity index (χ1n) is 6.99. The molecule has 0 amide bonds. The SMILES string of the molecule is COc1cc(C)nc(-c2cnnn2NS(=O)(=O)c2ccccc2Cl)n1. The summed E-state index contributed by atoms with van der Waals surface area (Å²) >= 11 is 5.96. The van der Waals surface area contributed by atoms with Crippen molar-refractivity contribution in [3.8, 4) is 17.4 Å². The lowest BCUT2D eigenvalue weighted by atomic mass is 10.4. The standard InChI is InChI=1S/C14H13ClN6O3S/c1-9-7-13(24-2)18-14(17-9)11-8-16-19-21(11)20-25(22,23)12-6-4-3-5-10(12)15/h3-8,20H,1-2H3. The van der Waals surface area contributed by atoms with Crippen molar-refractivity contribution in [1.29, 1.82) is 0 Å². The Morgan fingerprint density at radius 3 is 2.72 bits per heavy atom. The van der Waals surface area contributed by atoms with Crippen molar-refractivity contribution in [2.75, 3.05) is 11.9 Å². The summed E-state index contributed by atoms with van der Waals surface area (Å²) in [7, 11) is -2.51. The van der Waals surface area contributed by atoms with E-state index < -0.39 is 10.0 Å². The molecule has 130 valence electrons. The van der Waals surface area contributed by atoms with Gasteiger partial charge in [0.1, 0.15) is 4.90 Å². The maximum absolute atomic E-state index is 12.5. The minimum absolute atomic E-state index is 0.0825. The second-order valence-electron chi connectivity index (χ2n) is 4.93. The third-order valence-corrected chi connectivity index (χ3v) is 4.94. The van der Waals surface area contributed by atoms with E-state index in [-0.39, 0.29) is 21.4 Å². The Bertz CT molecular complexity index is 1020. The number of halogens is 1. The van der Waals surface area contributed by atoms with E-state index in [1.807, 2.05) is 0 Å². The molecule has 0 saturated carbocycles. The van der Waals surface area contributed by atoms with Gasteiger partial charge in [-0.1, -0.05) is 23.7 Å². The highest BCUT2D eigenvalue weighted by molar-refractivity contribution is 7.92.